The first-order valence-electron chi connectivity index (χ1n) is 6.43. The Bertz CT molecular complexity index is 612. The molecule has 2 aromatic rings. The zero-order chi connectivity index (χ0) is 14.5. The van der Waals surface area contributed by atoms with Crippen LogP contribution in [0.1, 0.15) is 30.0 Å². The van der Waals surface area contributed by atoms with Crippen LogP contribution in [0.25, 0.3) is 0 Å². The average molecular weight is 271 g/mol. The molecule has 0 aromatic carbocycles. The van der Waals surface area contributed by atoms with E-state index >= 15 is 0 Å². The highest BCUT2D eigenvalue weighted by Crippen LogP contribution is 2.16. The maximum atomic E-state index is 12.1. The van der Waals surface area contributed by atoms with Crippen LogP contribution in [0.5, 0.6) is 5.75 Å². The van der Waals surface area contributed by atoms with E-state index in [1.807, 2.05) is 19.9 Å². The Morgan fingerprint density at radius 3 is 2.75 bits per heavy atom. The molecule has 0 fully saturated rings. The normalized spacial score (nSPS) is 10.4. The summed E-state index contributed by atoms with van der Waals surface area (Å²) < 4.78 is 5.30. The van der Waals surface area contributed by atoms with Gasteiger partial charge in [0.2, 0.25) is 0 Å². The molecule has 0 aliphatic heterocycles. The molecule has 0 aliphatic carbocycles. The van der Waals surface area contributed by atoms with Crippen molar-refractivity contribution in [3.63, 3.8) is 0 Å². The van der Waals surface area contributed by atoms with Crippen LogP contribution in [-0.4, -0.2) is 22.0 Å². The van der Waals surface area contributed by atoms with Gasteiger partial charge in [-0.25, -0.2) is 9.78 Å². The van der Waals surface area contributed by atoms with Gasteiger partial charge >= 0.3 is 5.97 Å². The van der Waals surface area contributed by atoms with Crippen LogP contribution in [0.4, 0.5) is 5.82 Å². The summed E-state index contributed by atoms with van der Waals surface area (Å²) in [5.41, 5.74) is 0.927. The minimum atomic E-state index is -0.492. The number of ether oxygens (including phenoxy) is 1. The van der Waals surface area contributed by atoms with Gasteiger partial charge in [-0.1, -0.05) is 6.07 Å². The first kappa shape index (κ1) is 14.0. The summed E-state index contributed by atoms with van der Waals surface area (Å²) in [5.74, 6) is 0.604. The lowest BCUT2D eigenvalue weighted by Gasteiger charge is -2.10. The van der Waals surface area contributed by atoms with Crippen molar-refractivity contribution in [3.05, 3.63) is 47.9 Å². The molecule has 2 aromatic heterocycles. The van der Waals surface area contributed by atoms with Gasteiger partial charge in [0.25, 0.3) is 0 Å². The number of anilines is 1. The molecule has 1 N–H and O–H groups in total. The fourth-order valence-electron chi connectivity index (χ4n) is 1.65. The van der Waals surface area contributed by atoms with Crippen LogP contribution in [0.3, 0.4) is 0 Å². The van der Waals surface area contributed by atoms with E-state index in [4.69, 9.17) is 4.74 Å². The molecule has 2 heterocycles. The van der Waals surface area contributed by atoms with Gasteiger partial charge in [0.1, 0.15) is 5.82 Å². The van der Waals surface area contributed by atoms with Crippen LogP contribution in [-0.2, 0) is 0 Å². The number of nitrogens with one attached hydrogen (secondary N) is 1. The Morgan fingerprint density at radius 1 is 1.25 bits per heavy atom. The standard InChI is InChI=1S/C15H17N3O2/c1-10(2)17-14-8-4-6-12(18-14)15(19)20-13-7-5-9-16-11(13)3/h4-10H,1-3H3,(H,17,18). The summed E-state index contributed by atoms with van der Waals surface area (Å²) in [6.07, 6.45) is 1.65. The van der Waals surface area contributed by atoms with Gasteiger partial charge in [-0.15, -0.1) is 0 Å². The SMILES string of the molecule is Cc1ncccc1OC(=O)c1cccc(NC(C)C)n1. The molecule has 104 valence electrons. The van der Waals surface area contributed by atoms with Crippen molar-refractivity contribution in [3.8, 4) is 5.75 Å². The summed E-state index contributed by atoms with van der Waals surface area (Å²) in [6, 6.07) is 8.88. The molecule has 20 heavy (non-hydrogen) atoms. The summed E-state index contributed by atoms with van der Waals surface area (Å²) >= 11 is 0. The van der Waals surface area contributed by atoms with E-state index in [0.717, 1.165) is 0 Å². The summed E-state index contributed by atoms with van der Waals surface area (Å²) in [5, 5.41) is 3.14. The lowest BCUT2D eigenvalue weighted by atomic mass is 10.3. The molecule has 5 nitrogen and oxygen atoms in total. The molecule has 2 rings (SSSR count). The van der Waals surface area contributed by atoms with Crippen molar-refractivity contribution >= 4 is 11.8 Å². The predicted molar refractivity (Wildman–Crippen MR) is 76.9 cm³/mol. The number of nitrogens with zero attached hydrogens (tertiary/aromatic N) is 2. The zero-order valence-electron chi connectivity index (χ0n) is 11.8. The molecule has 0 aliphatic rings. The van der Waals surface area contributed by atoms with E-state index in [0.29, 0.717) is 17.3 Å². The van der Waals surface area contributed by atoms with E-state index in [1.165, 1.54) is 0 Å². The highest BCUT2D eigenvalue weighted by molar-refractivity contribution is 5.89. The number of pyridine rings is 2. The maximum Gasteiger partial charge on any atom is 0.362 e. The lowest BCUT2D eigenvalue weighted by Crippen LogP contribution is -2.15. The molecule has 0 saturated carbocycles. The molecule has 0 spiro atoms. The lowest BCUT2D eigenvalue weighted by molar-refractivity contribution is 0.0726. The first-order chi connectivity index (χ1) is 9.56. The molecule has 0 atom stereocenters. The summed E-state index contributed by atoms with van der Waals surface area (Å²) in [4.78, 5) is 20.4. The smallest absolute Gasteiger partial charge is 0.362 e. The Kier molecular flexibility index (Phi) is 4.30. The Balaban J connectivity index is 2.15. The van der Waals surface area contributed by atoms with Crippen molar-refractivity contribution in [1.82, 2.24) is 9.97 Å². The number of carbonyl (C=O) groups is 1. The molecule has 0 bridgehead atoms. The van der Waals surface area contributed by atoms with E-state index in [2.05, 4.69) is 15.3 Å². The van der Waals surface area contributed by atoms with Crippen molar-refractivity contribution < 1.29 is 9.53 Å². The average Bonchev–Trinajstić information content (AvgIpc) is 2.41. The third-order valence-corrected chi connectivity index (χ3v) is 2.56. The Labute approximate surface area is 118 Å². The number of rotatable bonds is 4. The Hall–Kier alpha value is -2.43. The summed E-state index contributed by atoms with van der Waals surface area (Å²) in [6.45, 7) is 5.80. The molecule has 0 amide bonds. The Morgan fingerprint density at radius 2 is 2.05 bits per heavy atom. The van der Waals surface area contributed by atoms with E-state index < -0.39 is 5.97 Å². The number of hydrogen-bond acceptors (Lipinski definition) is 5. The number of esters is 1. The highest BCUT2D eigenvalue weighted by Gasteiger charge is 2.12. The minimum absolute atomic E-state index is 0.245. The second kappa shape index (κ2) is 6.14. The number of carbonyl (C=O) groups excluding carboxylic acids is 1. The zero-order valence-corrected chi connectivity index (χ0v) is 11.8. The molecular formula is C15H17N3O2. The largest absolute Gasteiger partial charge is 0.420 e. The number of aromatic nitrogens is 2. The van der Waals surface area contributed by atoms with Crippen molar-refractivity contribution in [2.24, 2.45) is 0 Å². The van der Waals surface area contributed by atoms with E-state index in [1.54, 1.807) is 37.4 Å². The van der Waals surface area contributed by atoms with Gasteiger partial charge in [0.15, 0.2) is 11.4 Å². The van der Waals surface area contributed by atoms with Crippen LogP contribution in [0.15, 0.2) is 36.5 Å². The van der Waals surface area contributed by atoms with Gasteiger partial charge in [-0.2, -0.15) is 0 Å². The van der Waals surface area contributed by atoms with E-state index in [9.17, 15) is 4.79 Å². The second-order valence-corrected chi connectivity index (χ2v) is 4.68. The topological polar surface area (TPSA) is 64.1 Å². The molecule has 5 heteroatoms. The maximum absolute atomic E-state index is 12.1. The van der Waals surface area contributed by atoms with Crippen LogP contribution < -0.4 is 10.1 Å². The quantitative estimate of drug-likeness (QED) is 0.866. The monoisotopic (exact) mass is 271 g/mol. The minimum Gasteiger partial charge on any atom is -0.420 e. The molecular weight excluding hydrogens is 254 g/mol. The first-order valence-corrected chi connectivity index (χ1v) is 6.43. The third kappa shape index (κ3) is 3.54. The van der Waals surface area contributed by atoms with Gasteiger partial charge in [0, 0.05) is 12.2 Å². The van der Waals surface area contributed by atoms with E-state index in [-0.39, 0.29) is 11.7 Å². The van der Waals surface area contributed by atoms with Crippen molar-refractivity contribution in [2.45, 2.75) is 26.8 Å². The van der Waals surface area contributed by atoms with Crippen LogP contribution in [0, 0.1) is 6.92 Å². The van der Waals surface area contributed by atoms with Gasteiger partial charge in [-0.05, 0) is 45.0 Å². The summed E-state index contributed by atoms with van der Waals surface area (Å²) in [7, 11) is 0. The fourth-order valence-corrected chi connectivity index (χ4v) is 1.65. The van der Waals surface area contributed by atoms with Crippen LogP contribution in [0.2, 0.25) is 0 Å². The van der Waals surface area contributed by atoms with Crippen molar-refractivity contribution in [2.75, 3.05) is 5.32 Å². The van der Waals surface area contributed by atoms with Crippen molar-refractivity contribution in [1.29, 1.82) is 0 Å². The van der Waals surface area contributed by atoms with Gasteiger partial charge in [-0.3, -0.25) is 4.98 Å². The second-order valence-electron chi connectivity index (χ2n) is 4.68. The molecule has 0 radical (unpaired) electrons. The number of aryl methyl sites for hydroxylation is 1. The van der Waals surface area contributed by atoms with Crippen LogP contribution >= 0.6 is 0 Å². The number of hydrogen-bond donors (Lipinski definition) is 1. The third-order valence-electron chi connectivity index (χ3n) is 2.56. The predicted octanol–water partition coefficient (Wildman–Crippen LogP) is 2.82. The molecule has 0 unspecified atom stereocenters. The van der Waals surface area contributed by atoms with Gasteiger partial charge < -0.3 is 10.1 Å². The highest BCUT2D eigenvalue weighted by atomic mass is 16.5. The fraction of sp³-hybridized carbons (Fsp3) is 0.267. The van der Waals surface area contributed by atoms with Gasteiger partial charge in [0.05, 0.1) is 5.69 Å². The molecule has 0 saturated heterocycles.